The molecule has 0 amide bonds. The molecule has 0 aliphatic heterocycles. The molecule has 2 unspecified atom stereocenters. The first kappa shape index (κ1) is 10.0. The Bertz CT molecular complexity index is 277. The third-order valence-electron chi connectivity index (χ3n) is 2.12. The zero-order chi connectivity index (χ0) is 7.84. The maximum absolute atomic E-state index is 5.73. The highest BCUT2D eigenvalue weighted by molar-refractivity contribution is 9.10. The number of hydrogen-bond acceptors (Lipinski definition) is 1. The van der Waals surface area contributed by atoms with Gasteiger partial charge in [0.2, 0.25) is 0 Å². The van der Waals surface area contributed by atoms with Crippen LogP contribution in [0.4, 0.5) is 0 Å². The van der Waals surface area contributed by atoms with Crippen LogP contribution in [-0.2, 0) is 0 Å². The van der Waals surface area contributed by atoms with Gasteiger partial charge < -0.3 is 5.73 Å². The van der Waals surface area contributed by atoms with Crippen LogP contribution < -0.4 is 5.73 Å². The lowest BCUT2D eigenvalue weighted by molar-refractivity contribution is 0.989. The third-order valence-corrected chi connectivity index (χ3v) is 2.61. The molecule has 0 spiro atoms. The van der Waals surface area contributed by atoms with Gasteiger partial charge in [-0.1, -0.05) is 28.1 Å². The van der Waals surface area contributed by atoms with E-state index in [2.05, 4.69) is 34.1 Å². The molecule has 1 fully saturated rings. The fourth-order valence-electron chi connectivity index (χ4n) is 1.34. The van der Waals surface area contributed by atoms with Gasteiger partial charge in [-0.05, 0) is 24.1 Å². The predicted octanol–water partition coefficient (Wildman–Crippen LogP) is 2.69. The molecule has 12 heavy (non-hydrogen) atoms. The lowest BCUT2D eigenvalue weighted by Crippen LogP contribution is -2.00. The average Bonchev–Trinajstić information content (AvgIpc) is 2.67. The summed E-state index contributed by atoms with van der Waals surface area (Å²) in [6, 6.07) is 8.80. The number of nitrogens with two attached hydrogens (primary N) is 1. The van der Waals surface area contributed by atoms with Crippen LogP contribution in [0.3, 0.4) is 0 Å². The van der Waals surface area contributed by atoms with Crippen molar-refractivity contribution in [1.82, 2.24) is 0 Å². The molecular weight excluding hydrogens is 237 g/mol. The average molecular weight is 249 g/mol. The van der Waals surface area contributed by atoms with Crippen LogP contribution in [-0.4, -0.2) is 6.04 Å². The summed E-state index contributed by atoms with van der Waals surface area (Å²) in [5.41, 5.74) is 7.10. The Morgan fingerprint density at radius 3 is 2.58 bits per heavy atom. The number of benzene rings is 1. The maximum atomic E-state index is 5.73. The molecule has 66 valence electrons. The van der Waals surface area contributed by atoms with E-state index in [1.54, 1.807) is 0 Å². The number of rotatable bonds is 1. The van der Waals surface area contributed by atoms with Gasteiger partial charge in [0.25, 0.3) is 0 Å². The summed E-state index contributed by atoms with van der Waals surface area (Å²) in [5.74, 6) is 0.618. The molecule has 0 bridgehead atoms. The van der Waals surface area contributed by atoms with Crippen LogP contribution in [0.25, 0.3) is 0 Å². The Hall–Kier alpha value is -0.0500. The van der Waals surface area contributed by atoms with Crippen LogP contribution >= 0.6 is 28.3 Å². The lowest BCUT2D eigenvalue weighted by Gasteiger charge is -1.97. The number of hydrogen-bond donors (Lipinski definition) is 1. The second-order valence-electron chi connectivity index (χ2n) is 3.06. The molecule has 0 saturated heterocycles. The summed E-state index contributed by atoms with van der Waals surface area (Å²) < 4.78 is 1.15. The minimum atomic E-state index is 0. The molecule has 2 atom stereocenters. The fourth-order valence-corrected chi connectivity index (χ4v) is 1.75. The van der Waals surface area contributed by atoms with Crippen molar-refractivity contribution in [3.05, 3.63) is 34.3 Å². The van der Waals surface area contributed by atoms with Crippen molar-refractivity contribution in [2.45, 2.75) is 18.4 Å². The fraction of sp³-hybridized carbons (Fsp3) is 0.333. The smallest absolute Gasteiger partial charge is 0.0178 e. The molecule has 3 heteroatoms. The molecule has 0 heterocycles. The van der Waals surface area contributed by atoms with Gasteiger partial charge in [0.1, 0.15) is 0 Å². The van der Waals surface area contributed by atoms with Gasteiger partial charge in [-0.15, -0.1) is 12.4 Å². The van der Waals surface area contributed by atoms with Crippen LogP contribution in [0.15, 0.2) is 28.7 Å². The molecule has 1 aromatic carbocycles. The molecule has 2 rings (SSSR count). The predicted molar refractivity (Wildman–Crippen MR) is 56.7 cm³/mol. The molecule has 0 radical (unpaired) electrons. The van der Waals surface area contributed by atoms with Crippen molar-refractivity contribution in [2.24, 2.45) is 5.73 Å². The first-order chi connectivity index (χ1) is 5.27. The second-order valence-corrected chi connectivity index (χ2v) is 3.98. The van der Waals surface area contributed by atoms with E-state index in [-0.39, 0.29) is 12.4 Å². The highest BCUT2D eigenvalue weighted by Gasteiger charge is 2.34. The monoisotopic (exact) mass is 247 g/mol. The zero-order valence-electron chi connectivity index (χ0n) is 6.53. The first-order valence-corrected chi connectivity index (χ1v) is 4.58. The van der Waals surface area contributed by atoms with Crippen molar-refractivity contribution < 1.29 is 0 Å². The van der Waals surface area contributed by atoms with Crippen LogP contribution in [0.5, 0.6) is 0 Å². The van der Waals surface area contributed by atoms with Crippen molar-refractivity contribution >= 4 is 28.3 Å². The molecular formula is C9H11BrClN. The van der Waals surface area contributed by atoms with E-state index in [4.69, 9.17) is 5.73 Å². The van der Waals surface area contributed by atoms with Crippen molar-refractivity contribution in [3.63, 3.8) is 0 Å². The van der Waals surface area contributed by atoms with Crippen LogP contribution in [0.1, 0.15) is 17.9 Å². The zero-order valence-corrected chi connectivity index (χ0v) is 8.94. The summed E-state index contributed by atoms with van der Waals surface area (Å²) in [5, 5.41) is 0. The van der Waals surface area contributed by atoms with E-state index in [9.17, 15) is 0 Å². The highest BCUT2D eigenvalue weighted by Crippen LogP contribution is 2.39. The lowest BCUT2D eigenvalue weighted by atomic mass is 10.1. The highest BCUT2D eigenvalue weighted by atomic mass is 79.9. The Kier molecular flexibility index (Phi) is 3.16. The third kappa shape index (κ3) is 2.00. The Balaban J connectivity index is 0.000000720. The quantitative estimate of drug-likeness (QED) is 0.812. The summed E-state index contributed by atoms with van der Waals surface area (Å²) >= 11 is 3.44. The largest absolute Gasteiger partial charge is 0.327 e. The van der Waals surface area contributed by atoms with Gasteiger partial charge in [0, 0.05) is 16.4 Å². The molecule has 1 nitrogen and oxygen atoms in total. The van der Waals surface area contributed by atoms with Gasteiger partial charge in [0.05, 0.1) is 0 Å². The minimum Gasteiger partial charge on any atom is -0.327 e. The van der Waals surface area contributed by atoms with E-state index in [1.165, 1.54) is 5.56 Å². The topological polar surface area (TPSA) is 26.0 Å². The molecule has 1 saturated carbocycles. The standard InChI is InChI=1S/C9H10BrN.ClH/c10-7-3-1-2-6(4-7)8-5-9(8)11;/h1-4,8-9H,5,11H2;1H. The molecule has 1 aromatic rings. The van der Waals surface area contributed by atoms with E-state index < -0.39 is 0 Å². The SMILES string of the molecule is Cl.NC1CC1c1cccc(Br)c1. The molecule has 0 aromatic heterocycles. The maximum Gasteiger partial charge on any atom is 0.0178 e. The van der Waals surface area contributed by atoms with Crippen molar-refractivity contribution in [1.29, 1.82) is 0 Å². The van der Waals surface area contributed by atoms with E-state index in [0.29, 0.717) is 12.0 Å². The normalized spacial score (nSPS) is 26.2. The Labute approximate surface area is 86.9 Å². The Morgan fingerprint density at radius 1 is 1.42 bits per heavy atom. The van der Waals surface area contributed by atoms with E-state index in [1.807, 2.05) is 6.07 Å². The van der Waals surface area contributed by atoms with Gasteiger partial charge in [-0.3, -0.25) is 0 Å². The number of halogens is 2. The van der Waals surface area contributed by atoms with Crippen molar-refractivity contribution in [2.75, 3.05) is 0 Å². The van der Waals surface area contributed by atoms with Gasteiger partial charge >= 0.3 is 0 Å². The van der Waals surface area contributed by atoms with E-state index in [0.717, 1.165) is 10.9 Å². The summed E-state index contributed by atoms with van der Waals surface area (Å²) in [4.78, 5) is 0. The molecule has 2 N–H and O–H groups in total. The second kappa shape index (κ2) is 3.77. The molecule has 1 aliphatic carbocycles. The minimum absolute atomic E-state index is 0. The summed E-state index contributed by atoms with van der Waals surface area (Å²) in [6.45, 7) is 0. The van der Waals surface area contributed by atoms with Crippen LogP contribution in [0.2, 0.25) is 0 Å². The van der Waals surface area contributed by atoms with Gasteiger partial charge in [-0.2, -0.15) is 0 Å². The molecule has 1 aliphatic rings. The van der Waals surface area contributed by atoms with E-state index >= 15 is 0 Å². The summed E-state index contributed by atoms with van der Waals surface area (Å²) in [7, 11) is 0. The van der Waals surface area contributed by atoms with Gasteiger partial charge in [-0.25, -0.2) is 0 Å². The summed E-state index contributed by atoms with van der Waals surface area (Å²) in [6.07, 6.45) is 1.15. The van der Waals surface area contributed by atoms with Gasteiger partial charge in [0.15, 0.2) is 0 Å². The van der Waals surface area contributed by atoms with Crippen LogP contribution in [0, 0.1) is 0 Å². The Morgan fingerprint density at radius 2 is 2.08 bits per heavy atom. The van der Waals surface area contributed by atoms with Crippen molar-refractivity contribution in [3.8, 4) is 0 Å². The first-order valence-electron chi connectivity index (χ1n) is 3.78.